The molecule has 2 unspecified atom stereocenters. The number of pyridine rings is 1. The Morgan fingerprint density at radius 2 is 2.10 bits per heavy atom. The number of hydrogen-bond acceptors (Lipinski definition) is 5. The summed E-state index contributed by atoms with van der Waals surface area (Å²) in [7, 11) is 0. The first-order valence-electron chi connectivity index (χ1n) is 7.15. The third-order valence-corrected chi connectivity index (χ3v) is 4.50. The van der Waals surface area contributed by atoms with Crippen LogP contribution < -0.4 is 4.90 Å². The van der Waals surface area contributed by atoms with E-state index in [1.165, 1.54) is 6.07 Å². The summed E-state index contributed by atoms with van der Waals surface area (Å²) in [6.45, 7) is 0. The number of nitro groups is 1. The topological polar surface area (TPSA) is 96.6 Å². The van der Waals surface area contributed by atoms with Gasteiger partial charge in [-0.25, -0.2) is 4.98 Å². The predicted octanol–water partition coefficient (Wildman–Crippen LogP) is 2.21. The zero-order valence-electron chi connectivity index (χ0n) is 11.5. The van der Waals surface area contributed by atoms with Gasteiger partial charge in [0.05, 0.1) is 4.92 Å². The summed E-state index contributed by atoms with van der Waals surface area (Å²) in [5.74, 6) is -0.167. The van der Waals surface area contributed by atoms with Crippen LogP contribution in [0.1, 0.15) is 32.1 Å². The molecule has 2 fully saturated rings. The maximum Gasteiger partial charge on any atom is 0.311 e. The molecular weight excluding hydrogens is 274 g/mol. The summed E-state index contributed by atoms with van der Waals surface area (Å²) in [5.41, 5.74) is 0.0334. The van der Waals surface area contributed by atoms with Crippen molar-refractivity contribution in [2.45, 2.75) is 44.2 Å². The lowest BCUT2D eigenvalue weighted by atomic mass is 9.88. The van der Waals surface area contributed by atoms with Gasteiger partial charge in [0.1, 0.15) is 0 Å². The van der Waals surface area contributed by atoms with Crippen molar-refractivity contribution in [1.29, 1.82) is 0 Å². The minimum atomic E-state index is -0.767. The lowest BCUT2D eigenvalue weighted by Gasteiger charge is -2.39. The molecule has 7 heteroatoms. The Labute approximate surface area is 121 Å². The lowest BCUT2D eigenvalue weighted by Crippen LogP contribution is -2.44. The van der Waals surface area contributed by atoms with Crippen molar-refractivity contribution >= 4 is 17.5 Å². The Bertz CT molecular complexity index is 563. The molecule has 112 valence electrons. The quantitative estimate of drug-likeness (QED) is 0.674. The van der Waals surface area contributed by atoms with Gasteiger partial charge in [0.15, 0.2) is 0 Å². The minimum Gasteiger partial charge on any atom is -0.481 e. The summed E-state index contributed by atoms with van der Waals surface area (Å²) < 4.78 is 0. The second kappa shape index (κ2) is 5.31. The van der Waals surface area contributed by atoms with E-state index in [4.69, 9.17) is 5.11 Å². The summed E-state index contributed by atoms with van der Waals surface area (Å²) in [4.78, 5) is 27.9. The zero-order valence-corrected chi connectivity index (χ0v) is 11.5. The molecule has 21 heavy (non-hydrogen) atoms. The Kier molecular flexibility index (Phi) is 3.48. The molecule has 0 amide bonds. The highest BCUT2D eigenvalue weighted by atomic mass is 16.6. The first-order chi connectivity index (χ1) is 10.1. The largest absolute Gasteiger partial charge is 0.481 e. The van der Waals surface area contributed by atoms with Gasteiger partial charge in [-0.1, -0.05) is 0 Å². The highest BCUT2D eigenvalue weighted by Crippen LogP contribution is 2.44. The van der Waals surface area contributed by atoms with Crippen molar-refractivity contribution in [1.82, 2.24) is 4.98 Å². The molecule has 7 nitrogen and oxygen atoms in total. The van der Waals surface area contributed by atoms with Crippen LogP contribution in [-0.4, -0.2) is 33.1 Å². The van der Waals surface area contributed by atoms with Gasteiger partial charge in [-0.15, -0.1) is 0 Å². The molecule has 0 aromatic carbocycles. The molecule has 2 aliphatic rings. The Morgan fingerprint density at radius 1 is 1.43 bits per heavy atom. The molecule has 0 aliphatic carbocycles. The molecule has 0 spiro atoms. The lowest BCUT2D eigenvalue weighted by molar-refractivity contribution is -0.384. The van der Waals surface area contributed by atoms with Crippen LogP contribution in [0.5, 0.6) is 0 Å². The summed E-state index contributed by atoms with van der Waals surface area (Å²) >= 11 is 0. The number of carbonyl (C=O) groups is 1. The number of piperidine rings is 1. The van der Waals surface area contributed by atoms with Crippen molar-refractivity contribution in [3.8, 4) is 0 Å². The molecular formula is C14H17N3O4. The van der Waals surface area contributed by atoms with Gasteiger partial charge in [0.25, 0.3) is 0 Å². The Morgan fingerprint density at radius 3 is 2.67 bits per heavy atom. The molecule has 3 heterocycles. The van der Waals surface area contributed by atoms with Crippen molar-refractivity contribution in [3.63, 3.8) is 0 Å². The maximum atomic E-state index is 11.2. The van der Waals surface area contributed by atoms with Gasteiger partial charge in [-0.05, 0) is 37.7 Å². The summed E-state index contributed by atoms with van der Waals surface area (Å²) in [6.07, 6.45) is 5.21. The average Bonchev–Trinajstić information content (AvgIpc) is 2.69. The van der Waals surface area contributed by atoms with Gasteiger partial charge in [0.2, 0.25) is 5.82 Å². The van der Waals surface area contributed by atoms with Gasteiger partial charge in [-0.2, -0.15) is 0 Å². The van der Waals surface area contributed by atoms with Crippen LogP contribution in [-0.2, 0) is 4.79 Å². The van der Waals surface area contributed by atoms with E-state index in [1.54, 1.807) is 12.3 Å². The number of fused-ring (bicyclic) bond motifs is 2. The first-order valence-corrected chi connectivity index (χ1v) is 7.15. The monoisotopic (exact) mass is 291 g/mol. The highest BCUT2D eigenvalue weighted by Gasteiger charge is 2.43. The molecule has 1 N–H and O–H groups in total. The van der Waals surface area contributed by atoms with E-state index in [0.717, 1.165) is 25.7 Å². The van der Waals surface area contributed by atoms with E-state index in [-0.39, 0.29) is 30.1 Å². The number of hydrogen-bond donors (Lipinski definition) is 1. The van der Waals surface area contributed by atoms with Crippen molar-refractivity contribution in [2.24, 2.45) is 5.92 Å². The van der Waals surface area contributed by atoms with Gasteiger partial charge in [0, 0.05) is 30.8 Å². The third-order valence-electron chi connectivity index (χ3n) is 4.50. The van der Waals surface area contributed by atoms with Crippen LogP contribution in [0.2, 0.25) is 0 Å². The van der Waals surface area contributed by atoms with Crippen molar-refractivity contribution in [3.05, 3.63) is 28.4 Å². The number of nitrogens with zero attached hydrogens (tertiary/aromatic N) is 3. The van der Waals surface area contributed by atoms with Gasteiger partial charge < -0.3 is 10.0 Å². The summed E-state index contributed by atoms with van der Waals surface area (Å²) in [5, 5.41) is 20.1. The smallest absolute Gasteiger partial charge is 0.311 e. The fraction of sp³-hybridized carbons (Fsp3) is 0.571. The first kappa shape index (κ1) is 13.8. The number of rotatable bonds is 4. The fourth-order valence-corrected chi connectivity index (χ4v) is 3.78. The number of carboxylic acid groups (broad SMARTS) is 1. The number of aromatic nitrogens is 1. The van der Waals surface area contributed by atoms with Crippen LogP contribution in [0.15, 0.2) is 18.3 Å². The van der Waals surface area contributed by atoms with Gasteiger partial charge >= 0.3 is 11.7 Å². The van der Waals surface area contributed by atoms with Crippen molar-refractivity contribution in [2.75, 3.05) is 4.90 Å². The molecule has 0 saturated carbocycles. The molecule has 1 aromatic heterocycles. The van der Waals surface area contributed by atoms with E-state index >= 15 is 0 Å². The number of anilines is 1. The molecule has 2 aliphatic heterocycles. The fourth-order valence-electron chi connectivity index (χ4n) is 3.78. The molecule has 2 atom stereocenters. The molecule has 2 bridgehead atoms. The molecule has 0 radical (unpaired) electrons. The SMILES string of the molecule is O=C(O)CC1CC2CCC(C1)N2c1ncccc1[N+](=O)[O-]. The van der Waals surface area contributed by atoms with Gasteiger partial charge in [-0.3, -0.25) is 14.9 Å². The summed E-state index contributed by atoms with van der Waals surface area (Å²) in [6, 6.07) is 3.38. The van der Waals surface area contributed by atoms with Crippen LogP contribution in [0.3, 0.4) is 0 Å². The molecule has 2 saturated heterocycles. The zero-order chi connectivity index (χ0) is 15.0. The number of aliphatic carboxylic acids is 1. The van der Waals surface area contributed by atoms with Crippen LogP contribution in [0.4, 0.5) is 11.5 Å². The van der Waals surface area contributed by atoms with Crippen LogP contribution in [0.25, 0.3) is 0 Å². The van der Waals surface area contributed by atoms with Crippen LogP contribution in [0, 0.1) is 16.0 Å². The van der Waals surface area contributed by atoms with E-state index in [1.807, 2.05) is 0 Å². The van der Waals surface area contributed by atoms with Crippen LogP contribution >= 0.6 is 0 Å². The minimum absolute atomic E-state index is 0.0334. The number of carboxylic acids is 1. The van der Waals surface area contributed by atoms with E-state index in [9.17, 15) is 14.9 Å². The van der Waals surface area contributed by atoms with E-state index in [2.05, 4.69) is 9.88 Å². The Hall–Kier alpha value is -2.18. The van der Waals surface area contributed by atoms with Crippen molar-refractivity contribution < 1.29 is 14.8 Å². The predicted molar refractivity (Wildman–Crippen MR) is 75.2 cm³/mol. The maximum absolute atomic E-state index is 11.2. The third kappa shape index (κ3) is 2.55. The molecule has 1 aromatic rings. The Balaban J connectivity index is 1.86. The average molecular weight is 291 g/mol. The normalized spacial score (nSPS) is 27.6. The van der Waals surface area contributed by atoms with E-state index < -0.39 is 10.9 Å². The standard InChI is InChI=1S/C14H17N3O4/c18-13(19)8-9-6-10-3-4-11(7-9)16(10)14-12(17(20)21)2-1-5-15-14/h1-2,5,9-11H,3-4,6-8H2,(H,18,19). The second-order valence-electron chi connectivity index (χ2n) is 5.83. The van der Waals surface area contributed by atoms with E-state index in [0.29, 0.717) is 5.82 Å². The highest BCUT2D eigenvalue weighted by molar-refractivity contribution is 5.67. The second-order valence-corrected chi connectivity index (χ2v) is 5.83. The molecule has 3 rings (SSSR count).